The van der Waals surface area contributed by atoms with Gasteiger partial charge in [0.15, 0.2) is 6.61 Å². The number of carbonyl (C=O) groups excluding carboxylic acids is 1. The number of nitrogens with one attached hydrogen (secondary N) is 1. The van der Waals surface area contributed by atoms with Crippen molar-refractivity contribution >= 4 is 37.5 Å². The van der Waals surface area contributed by atoms with Crippen molar-refractivity contribution in [1.82, 2.24) is 4.31 Å². The van der Waals surface area contributed by atoms with Crippen LogP contribution in [-0.4, -0.2) is 51.5 Å². The lowest BCUT2D eigenvalue weighted by atomic mass is 10.0. The summed E-state index contributed by atoms with van der Waals surface area (Å²) in [4.78, 5) is 12.6. The number of carbonyl (C=O) groups is 1. The van der Waals surface area contributed by atoms with Gasteiger partial charge >= 0.3 is 0 Å². The standard InChI is InChI=1S/C22H27BrN2O5S/c1-15(2)19-13-20(23)16(3)11-21(19)30-14-22(26)24-17-5-4-6-18(12-17)31(27,28)25-7-9-29-10-8-25/h4-6,11-13,15H,7-10,14H2,1-3H3,(H,24,26). The van der Waals surface area contributed by atoms with E-state index in [1.165, 1.54) is 16.4 Å². The quantitative estimate of drug-likeness (QED) is 0.609. The lowest BCUT2D eigenvalue weighted by Crippen LogP contribution is -2.40. The fourth-order valence-corrected chi connectivity index (χ4v) is 5.07. The molecule has 1 amide bonds. The number of amides is 1. The van der Waals surface area contributed by atoms with E-state index in [4.69, 9.17) is 9.47 Å². The molecule has 0 unspecified atom stereocenters. The summed E-state index contributed by atoms with van der Waals surface area (Å²) >= 11 is 3.53. The maximum atomic E-state index is 12.8. The van der Waals surface area contributed by atoms with Crippen LogP contribution in [0.25, 0.3) is 0 Å². The second-order valence-corrected chi connectivity index (χ2v) is 10.5. The van der Waals surface area contributed by atoms with E-state index in [9.17, 15) is 13.2 Å². The van der Waals surface area contributed by atoms with Crippen LogP contribution in [-0.2, 0) is 19.6 Å². The van der Waals surface area contributed by atoms with Gasteiger partial charge in [0.25, 0.3) is 5.91 Å². The maximum Gasteiger partial charge on any atom is 0.262 e. The second-order valence-electron chi connectivity index (χ2n) is 7.68. The topological polar surface area (TPSA) is 84.9 Å². The Kier molecular flexibility index (Phi) is 7.74. The van der Waals surface area contributed by atoms with E-state index in [1.807, 2.05) is 19.1 Å². The molecule has 0 bridgehead atoms. The van der Waals surface area contributed by atoms with Crippen molar-refractivity contribution in [2.24, 2.45) is 0 Å². The van der Waals surface area contributed by atoms with Crippen molar-refractivity contribution in [3.63, 3.8) is 0 Å². The molecule has 1 fully saturated rings. The van der Waals surface area contributed by atoms with Crippen molar-refractivity contribution in [3.05, 3.63) is 52.0 Å². The summed E-state index contributed by atoms with van der Waals surface area (Å²) < 4.78 is 39.1. The van der Waals surface area contributed by atoms with Crippen LogP contribution in [0.15, 0.2) is 45.8 Å². The Morgan fingerprint density at radius 3 is 2.61 bits per heavy atom. The van der Waals surface area contributed by atoms with Gasteiger partial charge in [-0.1, -0.05) is 35.8 Å². The number of hydrogen-bond acceptors (Lipinski definition) is 5. The summed E-state index contributed by atoms with van der Waals surface area (Å²) in [6, 6.07) is 10.2. The van der Waals surface area contributed by atoms with E-state index in [1.54, 1.807) is 12.1 Å². The lowest BCUT2D eigenvalue weighted by molar-refractivity contribution is -0.118. The Hall–Kier alpha value is -1.94. The summed E-state index contributed by atoms with van der Waals surface area (Å²) in [6.07, 6.45) is 0. The van der Waals surface area contributed by atoms with Crippen molar-refractivity contribution < 1.29 is 22.7 Å². The van der Waals surface area contributed by atoms with E-state index in [0.717, 1.165) is 15.6 Å². The number of anilines is 1. The minimum absolute atomic E-state index is 0.138. The zero-order valence-electron chi connectivity index (χ0n) is 17.9. The number of benzene rings is 2. The van der Waals surface area contributed by atoms with Gasteiger partial charge in [-0.05, 0) is 54.3 Å². The van der Waals surface area contributed by atoms with E-state index < -0.39 is 10.0 Å². The van der Waals surface area contributed by atoms with Gasteiger partial charge in [-0.15, -0.1) is 0 Å². The number of aryl methyl sites for hydroxylation is 1. The minimum atomic E-state index is -3.63. The predicted molar refractivity (Wildman–Crippen MR) is 123 cm³/mol. The van der Waals surface area contributed by atoms with E-state index in [-0.39, 0.29) is 23.3 Å². The summed E-state index contributed by atoms with van der Waals surface area (Å²) in [6.45, 7) is 7.29. The molecule has 0 spiro atoms. The lowest BCUT2D eigenvalue weighted by Gasteiger charge is -2.26. The first-order valence-electron chi connectivity index (χ1n) is 10.1. The van der Waals surface area contributed by atoms with Gasteiger partial charge in [-0.3, -0.25) is 4.79 Å². The van der Waals surface area contributed by atoms with Gasteiger partial charge in [-0.2, -0.15) is 4.31 Å². The Morgan fingerprint density at radius 2 is 1.94 bits per heavy atom. The van der Waals surface area contributed by atoms with Crippen LogP contribution in [0.1, 0.15) is 30.9 Å². The Labute approximate surface area is 191 Å². The zero-order valence-corrected chi connectivity index (χ0v) is 20.3. The Balaban J connectivity index is 1.68. The molecule has 0 saturated carbocycles. The molecular weight excluding hydrogens is 484 g/mol. The molecular formula is C22H27BrN2O5S. The highest BCUT2D eigenvalue weighted by molar-refractivity contribution is 9.10. The monoisotopic (exact) mass is 510 g/mol. The molecule has 1 aliphatic rings. The summed E-state index contributed by atoms with van der Waals surface area (Å²) in [5.74, 6) is 0.530. The highest BCUT2D eigenvalue weighted by atomic mass is 79.9. The number of nitrogens with zero attached hydrogens (tertiary/aromatic N) is 1. The Bertz CT molecular complexity index is 1050. The maximum absolute atomic E-state index is 12.8. The first-order valence-corrected chi connectivity index (χ1v) is 12.3. The van der Waals surface area contributed by atoms with Crippen LogP contribution in [0.4, 0.5) is 5.69 Å². The largest absolute Gasteiger partial charge is 0.483 e. The average Bonchev–Trinajstić information content (AvgIpc) is 2.75. The molecule has 7 nitrogen and oxygen atoms in total. The number of sulfonamides is 1. The number of ether oxygens (including phenoxy) is 2. The molecule has 0 atom stereocenters. The van der Waals surface area contributed by atoms with E-state index in [2.05, 4.69) is 35.1 Å². The third-order valence-corrected chi connectivity index (χ3v) is 7.75. The van der Waals surface area contributed by atoms with Gasteiger partial charge in [0, 0.05) is 23.2 Å². The molecule has 0 aromatic heterocycles. The van der Waals surface area contributed by atoms with Crippen LogP contribution in [0, 0.1) is 6.92 Å². The molecule has 9 heteroatoms. The third kappa shape index (κ3) is 5.85. The molecule has 31 heavy (non-hydrogen) atoms. The first-order chi connectivity index (χ1) is 14.7. The first kappa shape index (κ1) is 23.7. The normalized spacial score (nSPS) is 15.1. The molecule has 0 aliphatic carbocycles. The highest BCUT2D eigenvalue weighted by Gasteiger charge is 2.26. The van der Waals surface area contributed by atoms with Gasteiger partial charge in [-0.25, -0.2) is 8.42 Å². The highest BCUT2D eigenvalue weighted by Crippen LogP contribution is 2.32. The molecule has 1 N–H and O–H groups in total. The molecule has 2 aromatic carbocycles. The van der Waals surface area contributed by atoms with E-state index in [0.29, 0.717) is 37.7 Å². The van der Waals surface area contributed by atoms with Crippen molar-refractivity contribution in [2.45, 2.75) is 31.6 Å². The second kappa shape index (κ2) is 10.1. The molecule has 0 radical (unpaired) electrons. The fraction of sp³-hybridized carbons (Fsp3) is 0.409. The molecule has 3 rings (SSSR count). The van der Waals surface area contributed by atoms with Crippen LogP contribution in [0.3, 0.4) is 0 Å². The van der Waals surface area contributed by atoms with Crippen LogP contribution in [0.2, 0.25) is 0 Å². The van der Waals surface area contributed by atoms with Crippen LogP contribution >= 0.6 is 15.9 Å². The zero-order chi connectivity index (χ0) is 22.6. The molecule has 168 valence electrons. The Morgan fingerprint density at radius 1 is 1.23 bits per heavy atom. The fourth-order valence-electron chi connectivity index (χ4n) is 3.26. The van der Waals surface area contributed by atoms with E-state index >= 15 is 0 Å². The van der Waals surface area contributed by atoms with Crippen molar-refractivity contribution in [2.75, 3.05) is 38.2 Å². The summed E-state index contributed by atoms with van der Waals surface area (Å²) in [5.41, 5.74) is 2.42. The van der Waals surface area contributed by atoms with Crippen molar-refractivity contribution in [3.8, 4) is 5.75 Å². The third-order valence-electron chi connectivity index (χ3n) is 5.00. The van der Waals surface area contributed by atoms with Gasteiger partial charge in [0.2, 0.25) is 10.0 Å². The van der Waals surface area contributed by atoms with Crippen LogP contribution in [0.5, 0.6) is 5.75 Å². The SMILES string of the molecule is Cc1cc(OCC(=O)Nc2cccc(S(=O)(=O)N3CCOCC3)c2)c(C(C)C)cc1Br. The van der Waals surface area contributed by atoms with Crippen LogP contribution < -0.4 is 10.1 Å². The number of morpholine rings is 1. The van der Waals surface area contributed by atoms with Gasteiger partial charge in [0.1, 0.15) is 5.75 Å². The summed E-state index contributed by atoms with van der Waals surface area (Å²) in [7, 11) is -3.63. The average molecular weight is 511 g/mol. The summed E-state index contributed by atoms with van der Waals surface area (Å²) in [5, 5.41) is 2.72. The molecule has 2 aromatic rings. The smallest absolute Gasteiger partial charge is 0.262 e. The number of rotatable bonds is 7. The molecule has 1 heterocycles. The van der Waals surface area contributed by atoms with Gasteiger partial charge in [0.05, 0.1) is 18.1 Å². The number of halogens is 1. The molecule has 1 aliphatic heterocycles. The van der Waals surface area contributed by atoms with Crippen molar-refractivity contribution in [1.29, 1.82) is 0 Å². The number of hydrogen-bond donors (Lipinski definition) is 1. The van der Waals surface area contributed by atoms with Gasteiger partial charge < -0.3 is 14.8 Å². The predicted octanol–water partition coefficient (Wildman–Crippen LogP) is 3.92. The minimum Gasteiger partial charge on any atom is -0.483 e. The molecule has 1 saturated heterocycles.